The fourth-order valence-corrected chi connectivity index (χ4v) is 5.18. The third kappa shape index (κ3) is 3.81. The van der Waals surface area contributed by atoms with Crippen molar-refractivity contribution in [3.63, 3.8) is 0 Å². The molecule has 0 saturated carbocycles. The number of aryl methyl sites for hydroxylation is 2. The van der Waals surface area contributed by atoms with Crippen LogP contribution in [-0.2, 0) is 13.5 Å². The van der Waals surface area contributed by atoms with E-state index in [0.717, 1.165) is 60.2 Å². The maximum atomic E-state index is 12.0. The molecular formula is C26H28N4O3. The first kappa shape index (κ1) is 21.4. The molecule has 1 aliphatic rings. The van der Waals surface area contributed by atoms with Crippen LogP contribution in [0, 0.1) is 11.3 Å². The fraction of sp³-hybridized carbons (Fsp3) is 0.385. The quantitative estimate of drug-likeness (QED) is 0.457. The Hall–Kier alpha value is -3.50. The Morgan fingerprint density at radius 2 is 1.94 bits per heavy atom. The molecule has 33 heavy (non-hydrogen) atoms. The number of nitrogens with zero attached hydrogens (tertiary/aromatic N) is 4. The average molecular weight is 445 g/mol. The van der Waals surface area contributed by atoms with Gasteiger partial charge in [-0.25, -0.2) is 4.79 Å². The second-order valence-corrected chi connectivity index (χ2v) is 9.08. The number of nitriles is 1. The smallest absolute Gasteiger partial charge is 0.419 e. The number of piperazine rings is 1. The lowest BCUT2D eigenvalue weighted by Crippen LogP contribution is -2.57. The van der Waals surface area contributed by atoms with E-state index in [0.29, 0.717) is 23.2 Å². The van der Waals surface area contributed by atoms with Crippen molar-refractivity contribution in [3.05, 3.63) is 64.3 Å². The number of oxazole rings is 1. The minimum absolute atomic E-state index is 0.328. The van der Waals surface area contributed by atoms with Gasteiger partial charge in [0.05, 0.1) is 29.1 Å². The normalized spacial score (nSPS) is 19.4. The zero-order chi connectivity index (χ0) is 23.1. The van der Waals surface area contributed by atoms with Crippen LogP contribution in [0.3, 0.4) is 0 Å². The van der Waals surface area contributed by atoms with E-state index in [1.807, 2.05) is 36.6 Å². The molecule has 0 N–H and O–H groups in total. The summed E-state index contributed by atoms with van der Waals surface area (Å²) in [6.45, 7) is 7.27. The number of furan rings is 1. The minimum atomic E-state index is -0.328. The molecule has 0 spiro atoms. The van der Waals surface area contributed by atoms with Gasteiger partial charge in [-0.3, -0.25) is 9.47 Å². The van der Waals surface area contributed by atoms with Crippen LogP contribution in [0.1, 0.15) is 31.4 Å². The summed E-state index contributed by atoms with van der Waals surface area (Å²) in [5.74, 6) is -0.328. The molecule has 2 aromatic heterocycles. The number of anilines is 1. The van der Waals surface area contributed by atoms with Crippen LogP contribution in [0.2, 0.25) is 0 Å². The van der Waals surface area contributed by atoms with Gasteiger partial charge in [0.2, 0.25) is 0 Å². The molecule has 0 amide bonds. The Balaban J connectivity index is 1.27. The molecule has 170 valence electrons. The molecule has 0 unspecified atom stereocenters. The Morgan fingerprint density at radius 3 is 2.70 bits per heavy atom. The van der Waals surface area contributed by atoms with Crippen molar-refractivity contribution in [2.24, 2.45) is 7.05 Å². The van der Waals surface area contributed by atoms with E-state index in [1.54, 1.807) is 17.7 Å². The van der Waals surface area contributed by atoms with Crippen LogP contribution in [-0.4, -0.2) is 41.2 Å². The zero-order valence-electron chi connectivity index (χ0n) is 19.2. The van der Waals surface area contributed by atoms with Gasteiger partial charge in [-0.2, -0.15) is 5.26 Å². The Bertz CT molecular complexity index is 1390. The second-order valence-electron chi connectivity index (χ2n) is 9.08. The van der Waals surface area contributed by atoms with E-state index in [-0.39, 0.29) is 5.76 Å². The highest BCUT2D eigenvalue weighted by Crippen LogP contribution is 2.30. The Morgan fingerprint density at radius 1 is 1.15 bits per heavy atom. The number of hydrogen-bond donors (Lipinski definition) is 0. The summed E-state index contributed by atoms with van der Waals surface area (Å²) in [5.41, 5.74) is 5.14. The molecule has 0 radical (unpaired) electrons. The number of benzene rings is 2. The highest BCUT2D eigenvalue weighted by atomic mass is 16.4. The summed E-state index contributed by atoms with van der Waals surface area (Å²) in [6.07, 6.45) is 3.75. The molecule has 2 atom stereocenters. The van der Waals surface area contributed by atoms with E-state index < -0.39 is 0 Å². The van der Waals surface area contributed by atoms with E-state index in [9.17, 15) is 10.1 Å². The number of rotatable bonds is 5. The standard InChI is InChI=1S/C26H28N4O3/c1-17-14-29(23-8-4-7-22-25(23)33-26(31)28(22)3)15-18(2)30(17)11-5-6-20-16-32-24-10-9-19(13-27)12-21(20)24/h4,7-10,12,16-18H,5-6,11,14-15H2,1-3H3/t17-,18+. The van der Waals surface area contributed by atoms with Crippen molar-refractivity contribution in [1.29, 1.82) is 5.26 Å². The number of fused-ring (bicyclic) bond motifs is 2. The summed E-state index contributed by atoms with van der Waals surface area (Å²) in [5, 5.41) is 10.2. The topological polar surface area (TPSA) is 78.6 Å². The van der Waals surface area contributed by atoms with E-state index >= 15 is 0 Å². The summed E-state index contributed by atoms with van der Waals surface area (Å²) < 4.78 is 12.8. The monoisotopic (exact) mass is 444 g/mol. The third-order valence-electron chi connectivity index (χ3n) is 6.89. The SMILES string of the molecule is C[C@@H]1CN(c2cccc3c2oc(=O)n3C)C[C@H](C)N1CCCc1coc2ccc(C#N)cc12. The second kappa shape index (κ2) is 8.45. The van der Waals surface area contributed by atoms with Crippen molar-refractivity contribution in [2.45, 2.75) is 38.8 Å². The van der Waals surface area contributed by atoms with Gasteiger partial charge in [-0.05, 0) is 69.1 Å². The van der Waals surface area contributed by atoms with Gasteiger partial charge in [0.15, 0.2) is 5.58 Å². The first-order valence-electron chi connectivity index (χ1n) is 11.5. The fourth-order valence-electron chi connectivity index (χ4n) is 5.18. The lowest BCUT2D eigenvalue weighted by atomic mass is 10.0. The van der Waals surface area contributed by atoms with Gasteiger partial charge in [-0.15, -0.1) is 0 Å². The molecule has 4 aromatic rings. The van der Waals surface area contributed by atoms with Crippen molar-refractivity contribution in [2.75, 3.05) is 24.5 Å². The molecule has 0 bridgehead atoms. The van der Waals surface area contributed by atoms with Crippen LogP contribution in [0.4, 0.5) is 5.69 Å². The van der Waals surface area contributed by atoms with E-state index in [4.69, 9.17) is 8.83 Å². The van der Waals surface area contributed by atoms with Crippen LogP contribution in [0.15, 0.2) is 56.3 Å². The van der Waals surface area contributed by atoms with Gasteiger partial charge < -0.3 is 13.7 Å². The van der Waals surface area contributed by atoms with Crippen molar-refractivity contribution in [3.8, 4) is 6.07 Å². The third-order valence-corrected chi connectivity index (χ3v) is 6.89. The number of aromatic nitrogens is 1. The van der Waals surface area contributed by atoms with Gasteiger partial charge in [0.1, 0.15) is 5.58 Å². The molecule has 3 heterocycles. The van der Waals surface area contributed by atoms with Crippen LogP contribution in [0.25, 0.3) is 22.1 Å². The number of hydrogen-bond acceptors (Lipinski definition) is 6. The minimum Gasteiger partial charge on any atom is -0.464 e. The molecule has 7 nitrogen and oxygen atoms in total. The van der Waals surface area contributed by atoms with Crippen molar-refractivity contribution in [1.82, 2.24) is 9.47 Å². The first-order chi connectivity index (χ1) is 16.0. The van der Waals surface area contributed by atoms with Gasteiger partial charge in [0.25, 0.3) is 0 Å². The van der Waals surface area contributed by atoms with E-state index in [1.165, 1.54) is 0 Å². The molecule has 2 aromatic carbocycles. The molecule has 1 saturated heterocycles. The summed E-state index contributed by atoms with van der Waals surface area (Å²) in [6, 6.07) is 14.5. The highest BCUT2D eigenvalue weighted by Gasteiger charge is 2.30. The maximum Gasteiger partial charge on any atom is 0.419 e. The predicted octanol–water partition coefficient (Wildman–Crippen LogP) is 4.28. The number of para-hydroxylation sites is 1. The lowest BCUT2D eigenvalue weighted by molar-refractivity contribution is 0.130. The summed E-state index contributed by atoms with van der Waals surface area (Å²) in [7, 11) is 1.74. The van der Waals surface area contributed by atoms with Gasteiger partial charge in [-0.1, -0.05) is 6.07 Å². The van der Waals surface area contributed by atoms with E-state index in [2.05, 4.69) is 29.7 Å². The van der Waals surface area contributed by atoms with Crippen LogP contribution < -0.4 is 10.7 Å². The highest BCUT2D eigenvalue weighted by molar-refractivity contribution is 5.87. The lowest BCUT2D eigenvalue weighted by Gasteiger charge is -2.45. The maximum absolute atomic E-state index is 12.0. The van der Waals surface area contributed by atoms with Gasteiger partial charge >= 0.3 is 5.76 Å². The Labute approximate surface area is 192 Å². The zero-order valence-corrected chi connectivity index (χ0v) is 19.2. The Kier molecular flexibility index (Phi) is 5.47. The molecule has 5 rings (SSSR count). The molecule has 1 fully saturated rings. The van der Waals surface area contributed by atoms with Crippen molar-refractivity contribution >= 4 is 27.8 Å². The largest absolute Gasteiger partial charge is 0.464 e. The average Bonchev–Trinajstić information content (AvgIpc) is 3.35. The predicted molar refractivity (Wildman–Crippen MR) is 129 cm³/mol. The molecule has 1 aliphatic heterocycles. The van der Waals surface area contributed by atoms with Crippen LogP contribution >= 0.6 is 0 Å². The molecule has 7 heteroatoms. The summed E-state index contributed by atoms with van der Waals surface area (Å²) in [4.78, 5) is 16.9. The molecule has 0 aliphatic carbocycles. The van der Waals surface area contributed by atoms with Crippen LogP contribution in [0.5, 0.6) is 0 Å². The molecular weight excluding hydrogens is 416 g/mol. The van der Waals surface area contributed by atoms with Crippen molar-refractivity contribution < 1.29 is 8.83 Å². The summed E-state index contributed by atoms with van der Waals surface area (Å²) >= 11 is 0. The first-order valence-corrected chi connectivity index (χ1v) is 11.5. The van der Waals surface area contributed by atoms with Gasteiger partial charge in [0, 0.05) is 37.6 Å².